The van der Waals surface area contributed by atoms with E-state index in [1.165, 1.54) is 0 Å². The smallest absolute Gasteiger partial charge is 0.246 e. The third-order valence-corrected chi connectivity index (χ3v) is 5.94. The maximum absolute atomic E-state index is 12.7. The number of likely N-dealkylation sites (tertiary alicyclic amines) is 1. The third-order valence-electron chi connectivity index (χ3n) is 5.94. The standard InChI is InChI=1S/C25H28N4O3/c1-18-5-2-7-22(26-18)27-25(32)20-6-3-15-28(17-20)23(30)14-11-19-9-12-21(13-10-19)29-16-4-8-24(29)31/h2,5,7,9-14,20H,3-4,6,8,15-17H2,1H3,(H,26,27,32)/b14-11+. The lowest BCUT2D eigenvalue weighted by Crippen LogP contribution is -2.43. The van der Waals surface area contributed by atoms with Crippen LogP contribution in [0.25, 0.3) is 6.08 Å². The van der Waals surface area contributed by atoms with Crippen LogP contribution in [0.3, 0.4) is 0 Å². The Bertz CT molecular complexity index is 1030. The number of carbonyl (C=O) groups is 3. The van der Waals surface area contributed by atoms with E-state index in [0.29, 0.717) is 25.3 Å². The fraction of sp³-hybridized carbons (Fsp3) is 0.360. The first kappa shape index (κ1) is 21.7. The molecule has 7 heteroatoms. The molecule has 1 aromatic heterocycles. The molecule has 0 radical (unpaired) electrons. The van der Waals surface area contributed by atoms with Crippen molar-refractivity contribution in [3.63, 3.8) is 0 Å². The first-order valence-corrected chi connectivity index (χ1v) is 11.1. The van der Waals surface area contributed by atoms with Crippen molar-refractivity contribution >= 4 is 35.3 Å². The van der Waals surface area contributed by atoms with Gasteiger partial charge >= 0.3 is 0 Å². The monoisotopic (exact) mass is 432 g/mol. The molecule has 4 rings (SSSR count). The number of piperidine rings is 1. The lowest BCUT2D eigenvalue weighted by molar-refractivity contribution is -0.130. The summed E-state index contributed by atoms with van der Waals surface area (Å²) in [6.45, 7) is 3.68. The molecule has 0 spiro atoms. The molecular weight excluding hydrogens is 404 g/mol. The highest BCUT2D eigenvalue weighted by Gasteiger charge is 2.28. The number of nitrogens with zero attached hydrogens (tertiary/aromatic N) is 3. The Morgan fingerprint density at radius 3 is 2.62 bits per heavy atom. The third kappa shape index (κ3) is 5.22. The second-order valence-electron chi connectivity index (χ2n) is 8.35. The number of nitrogens with one attached hydrogen (secondary N) is 1. The maximum atomic E-state index is 12.7. The largest absolute Gasteiger partial charge is 0.338 e. The highest BCUT2D eigenvalue weighted by atomic mass is 16.2. The van der Waals surface area contributed by atoms with Crippen molar-refractivity contribution in [3.05, 3.63) is 59.8 Å². The second-order valence-corrected chi connectivity index (χ2v) is 8.35. The van der Waals surface area contributed by atoms with E-state index in [1.807, 2.05) is 43.3 Å². The van der Waals surface area contributed by atoms with Crippen LogP contribution in [-0.2, 0) is 14.4 Å². The van der Waals surface area contributed by atoms with E-state index in [0.717, 1.165) is 42.8 Å². The van der Waals surface area contributed by atoms with E-state index in [9.17, 15) is 14.4 Å². The summed E-state index contributed by atoms with van der Waals surface area (Å²) in [6, 6.07) is 13.1. The van der Waals surface area contributed by atoms with Crippen LogP contribution in [0.5, 0.6) is 0 Å². The van der Waals surface area contributed by atoms with Crippen LogP contribution in [0, 0.1) is 12.8 Å². The fourth-order valence-corrected chi connectivity index (χ4v) is 4.19. The van der Waals surface area contributed by atoms with E-state index in [1.54, 1.807) is 28.0 Å². The molecule has 2 aliphatic rings. The topological polar surface area (TPSA) is 82.6 Å². The predicted octanol–water partition coefficient (Wildman–Crippen LogP) is 3.41. The summed E-state index contributed by atoms with van der Waals surface area (Å²) < 4.78 is 0. The zero-order chi connectivity index (χ0) is 22.5. The molecule has 1 unspecified atom stereocenters. The number of hydrogen-bond acceptors (Lipinski definition) is 4. The van der Waals surface area contributed by atoms with Gasteiger partial charge in [0.25, 0.3) is 0 Å². The molecule has 2 aromatic rings. The summed E-state index contributed by atoms with van der Waals surface area (Å²) in [5.74, 6) is 0.245. The minimum Gasteiger partial charge on any atom is -0.338 e. The predicted molar refractivity (Wildman–Crippen MR) is 124 cm³/mol. The van der Waals surface area contributed by atoms with Gasteiger partial charge in [-0.3, -0.25) is 14.4 Å². The lowest BCUT2D eigenvalue weighted by atomic mass is 9.97. The van der Waals surface area contributed by atoms with E-state index in [2.05, 4.69) is 10.3 Å². The zero-order valence-corrected chi connectivity index (χ0v) is 18.3. The van der Waals surface area contributed by atoms with Gasteiger partial charge in [-0.1, -0.05) is 18.2 Å². The summed E-state index contributed by atoms with van der Waals surface area (Å²) in [5, 5.41) is 2.87. The molecule has 7 nitrogen and oxygen atoms in total. The van der Waals surface area contributed by atoms with Crippen molar-refractivity contribution in [1.82, 2.24) is 9.88 Å². The molecule has 3 amide bonds. The van der Waals surface area contributed by atoms with Crippen molar-refractivity contribution in [2.75, 3.05) is 29.9 Å². The number of carbonyl (C=O) groups excluding carboxylic acids is 3. The average molecular weight is 433 g/mol. The SMILES string of the molecule is Cc1cccc(NC(=O)C2CCCN(C(=O)/C=C/c3ccc(N4CCCC4=O)cc3)C2)n1. The summed E-state index contributed by atoms with van der Waals surface area (Å²) in [4.78, 5) is 45.1. The van der Waals surface area contributed by atoms with Gasteiger partial charge in [-0.2, -0.15) is 0 Å². The Hall–Kier alpha value is -3.48. The zero-order valence-electron chi connectivity index (χ0n) is 18.3. The molecule has 0 aliphatic carbocycles. The van der Waals surface area contributed by atoms with Crippen LogP contribution < -0.4 is 10.2 Å². The number of hydrogen-bond donors (Lipinski definition) is 1. The van der Waals surface area contributed by atoms with Gasteiger partial charge in [-0.05, 0) is 62.1 Å². The highest BCUT2D eigenvalue weighted by molar-refractivity contribution is 5.96. The summed E-state index contributed by atoms with van der Waals surface area (Å²) in [6.07, 6.45) is 6.37. The van der Waals surface area contributed by atoms with Gasteiger partial charge in [-0.15, -0.1) is 0 Å². The molecule has 0 bridgehead atoms. The van der Waals surface area contributed by atoms with Crippen molar-refractivity contribution < 1.29 is 14.4 Å². The van der Waals surface area contributed by atoms with E-state index in [-0.39, 0.29) is 23.6 Å². The molecule has 2 fully saturated rings. The molecule has 1 aromatic carbocycles. The first-order chi connectivity index (χ1) is 15.5. The van der Waals surface area contributed by atoms with Crippen LogP contribution >= 0.6 is 0 Å². The Balaban J connectivity index is 1.33. The minimum atomic E-state index is -0.249. The van der Waals surface area contributed by atoms with Gasteiger partial charge in [0.2, 0.25) is 17.7 Å². The number of benzene rings is 1. The first-order valence-electron chi connectivity index (χ1n) is 11.1. The molecule has 32 heavy (non-hydrogen) atoms. The van der Waals surface area contributed by atoms with Gasteiger partial charge in [-0.25, -0.2) is 4.98 Å². The number of aryl methyl sites for hydroxylation is 1. The van der Waals surface area contributed by atoms with Crippen LogP contribution in [-0.4, -0.2) is 47.2 Å². The van der Waals surface area contributed by atoms with Crippen LogP contribution in [0.4, 0.5) is 11.5 Å². The maximum Gasteiger partial charge on any atom is 0.246 e. The van der Waals surface area contributed by atoms with Crippen molar-refractivity contribution in [2.45, 2.75) is 32.6 Å². The highest BCUT2D eigenvalue weighted by Crippen LogP contribution is 2.22. The van der Waals surface area contributed by atoms with Crippen molar-refractivity contribution in [1.29, 1.82) is 0 Å². The van der Waals surface area contributed by atoms with E-state index < -0.39 is 0 Å². The Morgan fingerprint density at radius 2 is 1.91 bits per heavy atom. The number of amides is 3. The molecule has 3 heterocycles. The number of pyridine rings is 1. The van der Waals surface area contributed by atoms with Crippen molar-refractivity contribution in [2.24, 2.45) is 5.92 Å². The number of rotatable bonds is 5. The van der Waals surface area contributed by atoms with Gasteiger partial charge < -0.3 is 15.1 Å². The number of anilines is 2. The van der Waals surface area contributed by atoms with Crippen LogP contribution in [0.15, 0.2) is 48.5 Å². The van der Waals surface area contributed by atoms with Crippen molar-refractivity contribution in [3.8, 4) is 0 Å². The normalized spacial score (nSPS) is 18.9. The molecular formula is C25H28N4O3. The van der Waals surface area contributed by atoms with Gasteiger partial charge in [0.1, 0.15) is 5.82 Å². The van der Waals surface area contributed by atoms with Gasteiger partial charge in [0, 0.05) is 43.5 Å². The van der Waals surface area contributed by atoms with Crippen LogP contribution in [0.2, 0.25) is 0 Å². The fourth-order valence-electron chi connectivity index (χ4n) is 4.19. The Morgan fingerprint density at radius 1 is 1.09 bits per heavy atom. The summed E-state index contributed by atoms with van der Waals surface area (Å²) in [5.41, 5.74) is 2.63. The van der Waals surface area contributed by atoms with Gasteiger partial charge in [0.05, 0.1) is 5.92 Å². The van der Waals surface area contributed by atoms with E-state index >= 15 is 0 Å². The molecule has 2 aliphatic heterocycles. The second kappa shape index (κ2) is 9.77. The average Bonchev–Trinajstić information content (AvgIpc) is 3.23. The summed E-state index contributed by atoms with van der Waals surface area (Å²) >= 11 is 0. The Labute approximate surface area is 188 Å². The van der Waals surface area contributed by atoms with E-state index in [4.69, 9.17) is 0 Å². The molecule has 2 saturated heterocycles. The molecule has 0 saturated carbocycles. The van der Waals surface area contributed by atoms with Crippen LogP contribution in [0.1, 0.15) is 36.9 Å². The minimum absolute atomic E-state index is 0.100. The quantitative estimate of drug-likeness (QED) is 0.734. The molecule has 1 N–H and O–H groups in total. The summed E-state index contributed by atoms with van der Waals surface area (Å²) in [7, 11) is 0. The number of aromatic nitrogens is 1. The van der Waals surface area contributed by atoms with Gasteiger partial charge in [0.15, 0.2) is 0 Å². The Kier molecular flexibility index (Phi) is 6.63. The molecule has 166 valence electrons. The lowest BCUT2D eigenvalue weighted by Gasteiger charge is -2.31. The molecule has 1 atom stereocenters.